The summed E-state index contributed by atoms with van der Waals surface area (Å²) < 4.78 is 4.92. The fourth-order valence-electron chi connectivity index (χ4n) is 1.71. The molecule has 0 unspecified atom stereocenters. The lowest BCUT2D eigenvalue weighted by molar-refractivity contribution is 0.0601. The molecule has 1 heterocycles. The number of carbonyl (C=O) groups excluding carboxylic acids is 1. The molecule has 16 heavy (non-hydrogen) atoms. The summed E-state index contributed by atoms with van der Waals surface area (Å²) in [7, 11) is 1.40. The Morgan fingerprint density at radius 2 is 2.25 bits per heavy atom. The normalized spacial score (nSPS) is 17.2. The minimum absolute atomic E-state index is 0.155. The largest absolute Gasteiger partial charge is 0.465 e. The standard InChI is InChI=1S/C12H15NO2S/c1-12(2)7-13-10-8(11(14)15-3)5-4-6-9(10)16-12/h4-6,13H,7H2,1-3H3. The fraction of sp³-hybridized carbons (Fsp3) is 0.417. The van der Waals surface area contributed by atoms with Gasteiger partial charge in [0.25, 0.3) is 0 Å². The summed E-state index contributed by atoms with van der Waals surface area (Å²) >= 11 is 1.79. The molecule has 1 aliphatic heterocycles. The van der Waals surface area contributed by atoms with Crippen LogP contribution in [-0.4, -0.2) is 24.4 Å². The monoisotopic (exact) mass is 237 g/mol. The summed E-state index contributed by atoms with van der Waals surface area (Å²) in [5, 5.41) is 3.32. The quantitative estimate of drug-likeness (QED) is 0.762. The highest BCUT2D eigenvalue weighted by Crippen LogP contribution is 2.42. The molecule has 0 saturated carbocycles. The van der Waals surface area contributed by atoms with Crippen LogP contribution in [0.5, 0.6) is 0 Å². The Kier molecular flexibility index (Phi) is 2.84. The molecule has 0 fully saturated rings. The number of ether oxygens (including phenoxy) is 1. The molecule has 86 valence electrons. The van der Waals surface area contributed by atoms with Gasteiger partial charge in [-0.05, 0) is 26.0 Å². The van der Waals surface area contributed by atoms with E-state index in [0.29, 0.717) is 5.56 Å². The number of benzene rings is 1. The van der Waals surface area contributed by atoms with Gasteiger partial charge in [-0.15, -0.1) is 11.8 Å². The van der Waals surface area contributed by atoms with Crippen molar-refractivity contribution in [3.05, 3.63) is 23.8 Å². The van der Waals surface area contributed by atoms with Gasteiger partial charge in [0.15, 0.2) is 0 Å². The predicted octanol–water partition coefficient (Wildman–Crippen LogP) is 2.77. The van der Waals surface area contributed by atoms with E-state index in [2.05, 4.69) is 19.2 Å². The van der Waals surface area contributed by atoms with Crippen molar-refractivity contribution in [2.75, 3.05) is 19.0 Å². The minimum atomic E-state index is -0.287. The number of nitrogens with one attached hydrogen (secondary N) is 1. The molecule has 1 aliphatic rings. The number of para-hydroxylation sites is 1. The van der Waals surface area contributed by atoms with E-state index >= 15 is 0 Å². The van der Waals surface area contributed by atoms with Gasteiger partial charge in [-0.1, -0.05) is 6.07 Å². The third kappa shape index (κ3) is 2.02. The van der Waals surface area contributed by atoms with Gasteiger partial charge in [0.1, 0.15) is 0 Å². The lowest BCUT2D eigenvalue weighted by atomic mass is 10.1. The molecule has 1 N–H and O–H groups in total. The van der Waals surface area contributed by atoms with E-state index in [1.807, 2.05) is 12.1 Å². The van der Waals surface area contributed by atoms with Crippen LogP contribution in [-0.2, 0) is 4.74 Å². The van der Waals surface area contributed by atoms with Gasteiger partial charge >= 0.3 is 5.97 Å². The van der Waals surface area contributed by atoms with Crippen molar-refractivity contribution >= 4 is 23.4 Å². The Bertz CT molecular complexity index is 429. The van der Waals surface area contributed by atoms with Crippen LogP contribution in [0.25, 0.3) is 0 Å². The van der Waals surface area contributed by atoms with E-state index < -0.39 is 0 Å². The molecule has 1 aromatic carbocycles. The lowest BCUT2D eigenvalue weighted by Crippen LogP contribution is -2.31. The van der Waals surface area contributed by atoms with Gasteiger partial charge in [-0.25, -0.2) is 4.79 Å². The average Bonchev–Trinajstić information content (AvgIpc) is 2.25. The smallest absolute Gasteiger partial charge is 0.340 e. The zero-order valence-corrected chi connectivity index (χ0v) is 10.5. The van der Waals surface area contributed by atoms with Gasteiger partial charge < -0.3 is 10.1 Å². The first-order chi connectivity index (χ1) is 7.53. The maximum absolute atomic E-state index is 11.6. The predicted molar refractivity (Wildman–Crippen MR) is 66.2 cm³/mol. The van der Waals surface area contributed by atoms with Crippen molar-refractivity contribution < 1.29 is 9.53 Å². The molecule has 0 saturated heterocycles. The summed E-state index contributed by atoms with van der Waals surface area (Å²) in [6.45, 7) is 5.20. The minimum Gasteiger partial charge on any atom is -0.465 e. The van der Waals surface area contributed by atoms with Crippen molar-refractivity contribution in [1.82, 2.24) is 0 Å². The number of anilines is 1. The van der Waals surface area contributed by atoms with Crippen LogP contribution in [0.4, 0.5) is 5.69 Å². The molecule has 2 rings (SSSR count). The molecule has 4 heteroatoms. The van der Waals surface area contributed by atoms with Gasteiger partial charge in [0.05, 0.1) is 18.4 Å². The van der Waals surface area contributed by atoms with E-state index in [9.17, 15) is 4.79 Å². The highest BCUT2D eigenvalue weighted by molar-refractivity contribution is 8.00. The molecule has 0 aromatic heterocycles. The zero-order chi connectivity index (χ0) is 11.8. The van der Waals surface area contributed by atoms with E-state index in [-0.39, 0.29) is 10.7 Å². The lowest BCUT2D eigenvalue weighted by Gasteiger charge is -2.32. The fourth-order valence-corrected chi connectivity index (χ4v) is 2.88. The topological polar surface area (TPSA) is 38.3 Å². The van der Waals surface area contributed by atoms with E-state index in [1.54, 1.807) is 17.8 Å². The van der Waals surface area contributed by atoms with Gasteiger partial charge in [0.2, 0.25) is 0 Å². The molecule has 0 spiro atoms. The summed E-state index contributed by atoms with van der Waals surface area (Å²) in [5.74, 6) is -0.287. The molecule has 1 aromatic rings. The first kappa shape index (κ1) is 11.3. The van der Waals surface area contributed by atoms with Crippen molar-refractivity contribution in [2.24, 2.45) is 0 Å². The van der Waals surface area contributed by atoms with Crippen LogP contribution >= 0.6 is 11.8 Å². The van der Waals surface area contributed by atoms with Gasteiger partial charge in [-0.2, -0.15) is 0 Å². The molecule has 0 bridgehead atoms. The van der Waals surface area contributed by atoms with Crippen molar-refractivity contribution in [3.63, 3.8) is 0 Å². The molecule has 3 nitrogen and oxygen atoms in total. The Morgan fingerprint density at radius 1 is 1.50 bits per heavy atom. The molecular formula is C12H15NO2S. The van der Waals surface area contributed by atoms with Crippen LogP contribution in [0.2, 0.25) is 0 Å². The number of fused-ring (bicyclic) bond motifs is 1. The molecular weight excluding hydrogens is 222 g/mol. The SMILES string of the molecule is COC(=O)c1cccc2c1NCC(C)(C)S2. The Labute approximate surface area is 99.6 Å². The third-order valence-corrected chi connectivity index (χ3v) is 3.77. The number of hydrogen-bond donors (Lipinski definition) is 1. The van der Waals surface area contributed by atoms with Crippen LogP contribution in [0.3, 0.4) is 0 Å². The Hall–Kier alpha value is -1.16. The van der Waals surface area contributed by atoms with Crippen LogP contribution in [0, 0.1) is 0 Å². The van der Waals surface area contributed by atoms with Gasteiger partial charge in [-0.3, -0.25) is 0 Å². The summed E-state index contributed by atoms with van der Waals surface area (Å²) in [6, 6.07) is 5.71. The first-order valence-electron chi connectivity index (χ1n) is 5.18. The van der Waals surface area contributed by atoms with Crippen LogP contribution in [0.15, 0.2) is 23.1 Å². The molecule has 0 radical (unpaired) electrons. The number of carbonyl (C=O) groups is 1. The van der Waals surface area contributed by atoms with Crippen LogP contribution < -0.4 is 5.32 Å². The highest BCUT2D eigenvalue weighted by atomic mass is 32.2. The second kappa shape index (κ2) is 4.01. The maximum atomic E-state index is 11.6. The van der Waals surface area contributed by atoms with E-state index in [0.717, 1.165) is 17.1 Å². The molecule has 0 amide bonds. The molecule has 0 atom stereocenters. The summed E-state index contributed by atoms with van der Waals surface area (Å²) in [6.07, 6.45) is 0. The molecule has 0 aliphatic carbocycles. The number of esters is 1. The van der Waals surface area contributed by atoms with E-state index in [4.69, 9.17) is 4.74 Å². The van der Waals surface area contributed by atoms with Crippen molar-refractivity contribution in [1.29, 1.82) is 0 Å². The Balaban J connectivity index is 2.43. The van der Waals surface area contributed by atoms with E-state index in [1.165, 1.54) is 7.11 Å². The number of thioether (sulfide) groups is 1. The average molecular weight is 237 g/mol. The van der Waals surface area contributed by atoms with Gasteiger partial charge in [0, 0.05) is 16.2 Å². The third-order valence-electron chi connectivity index (χ3n) is 2.51. The highest BCUT2D eigenvalue weighted by Gasteiger charge is 2.28. The second-order valence-electron chi connectivity index (χ2n) is 4.39. The summed E-state index contributed by atoms with van der Waals surface area (Å²) in [5.41, 5.74) is 1.52. The number of methoxy groups -OCH3 is 1. The van der Waals surface area contributed by atoms with Crippen LogP contribution in [0.1, 0.15) is 24.2 Å². The maximum Gasteiger partial charge on any atom is 0.340 e. The first-order valence-corrected chi connectivity index (χ1v) is 5.99. The number of hydrogen-bond acceptors (Lipinski definition) is 4. The second-order valence-corrected chi connectivity index (χ2v) is 6.13. The van der Waals surface area contributed by atoms with Crippen molar-refractivity contribution in [2.45, 2.75) is 23.5 Å². The Morgan fingerprint density at radius 3 is 2.94 bits per heavy atom. The zero-order valence-electron chi connectivity index (χ0n) is 9.66. The summed E-state index contributed by atoms with van der Waals surface area (Å²) in [4.78, 5) is 12.7. The van der Waals surface area contributed by atoms with Crippen molar-refractivity contribution in [3.8, 4) is 0 Å². The number of rotatable bonds is 1.